The summed E-state index contributed by atoms with van der Waals surface area (Å²) in [6.07, 6.45) is 5.03. The monoisotopic (exact) mass is 246 g/mol. The van der Waals surface area contributed by atoms with E-state index in [1.165, 1.54) is 0 Å². The average Bonchev–Trinajstić information content (AvgIpc) is 2.75. The molecule has 0 amide bonds. The van der Waals surface area contributed by atoms with E-state index in [4.69, 9.17) is 5.73 Å². The quantitative estimate of drug-likeness (QED) is 0.835. The Kier molecular flexibility index (Phi) is 3.76. The van der Waals surface area contributed by atoms with Crippen LogP contribution < -0.4 is 11.1 Å². The molecule has 6 heteroatoms. The van der Waals surface area contributed by atoms with Crippen molar-refractivity contribution < 1.29 is 0 Å². The fraction of sp³-hybridized carbons (Fsp3) is 0.417. The smallest absolute Gasteiger partial charge is 0.129 e. The van der Waals surface area contributed by atoms with Gasteiger partial charge in [-0.15, -0.1) is 0 Å². The molecular formula is C12H18N6. The van der Waals surface area contributed by atoms with Gasteiger partial charge in [-0.05, 0) is 5.92 Å². The molecule has 2 aromatic heterocycles. The van der Waals surface area contributed by atoms with Gasteiger partial charge in [-0.2, -0.15) is 5.10 Å². The third-order valence-corrected chi connectivity index (χ3v) is 2.58. The zero-order chi connectivity index (χ0) is 13.0. The summed E-state index contributed by atoms with van der Waals surface area (Å²) in [5.74, 6) is 1.24. The second kappa shape index (κ2) is 5.48. The SMILES string of the molecule is CC(C)c1cc(NCCn2cc(N)cn2)ncn1. The molecule has 0 saturated carbocycles. The normalized spacial score (nSPS) is 10.8. The van der Waals surface area contributed by atoms with Crippen LogP contribution in [-0.2, 0) is 6.54 Å². The van der Waals surface area contributed by atoms with Crippen LogP contribution in [0.15, 0.2) is 24.8 Å². The van der Waals surface area contributed by atoms with Gasteiger partial charge in [-0.25, -0.2) is 9.97 Å². The van der Waals surface area contributed by atoms with Crippen LogP contribution in [0.1, 0.15) is 25.5 Å². The zero-order valence-corrected chi connectivity index (χ0v) is 10.7. The fourth-order valence-electron chi connectivity index (χ4n) is 1.59. The molecule has 0 aromatic carbocycles. The molecule has 96 valence electrons. The summed E-state index contributed by atoms with van der Waals surface area (Å²) in [6.45, 7) is 5.71. The highest BCUT2D eigenvalue weighted by molar-refractivity contribution is 5.35. The molecule has 0 fully saturated rings. The van der Waals surface area contributed by atoms with E-state index in [1.54, 1.807) is 23.4 Å². The van der Waals surface area contributed by atoms with Crippen LogP contribution in [0.2, 0.25) is 0 Å². The van der Waals surface area contributed by atoms with Crippen molar-refractivity contribution in [2.24, 2.45) is 0 Å². The van der Waals surface area contributed by atoms with Crippen molar-refractivity contribution in [3.8, 4) is 0 Å². The average molecular weight is 246 g/mol. The summed E-state index contributed by atoms with van der Waals surface area (Å²) in [6, 6.07) is 1.97. The first kappa shape index (κ1) is 12.3. The maximum Gasteiger partial charge on any atom is 0.129 e. The third kappa shape index (κ3) is 3.19. The second-order valence-corrected chi connectivity index (χ2v) is 4.45. The van der Waals surface area contributed by atoms with Crippen molar-refractivity contribution in [2.75, 3.05) is 17.6 Å². The Hall–Kier alpha value is -2.11. The van der Waals surface area contributed by atoms with Crippen molar-refractivity contribution in [2.45, 2.75) is 26.3 Å². The number of hydrogen-bond acceptors (Lipinski definition) is 5. The van der Waals surface area contributed by atoms with Crippen LogP contribution in [0.5, 0.6) is 0 Å². The van der Waals surface area contributed by atoms with E-state index in [9.17, 15) is 0 Å². The summed E-state index contributed by atoms with van der Waals surface area (Å²) >= 11 is 0. The summed E-state index contributed by atoms with van der Waals surface area (Å²) in [4.78, 5) is 8.40. The second-order valence-electron chi connectivity index (χ2n) is 4.45. The number of anilines is 2. The van der Waals surface area contributed by atoms with E-state index in [1.807, 2.05) is 6.07 Å². The molecule has 0 spiro atoms. The van der Waals surface area contributed by atoms with Gasteiger partial charge < -0.3 is 11.1 Å². The molecule has 18 heavy (non-hydrogen) atoms. The lowest BCUT2D eigenvalue weighted by Crippen LogP contribution is -2.12. The van der Waals surface area contributed by atoms with Gasteiger partial charge in [0.2, 0.25) is 0 Å². The van der Waals surface area contributed by atoms with Crippen LogP contribution in [0.4, 0.5) is 11.5 Å². The lowest BCUT2D eigenvalue weighted by Gasteiger charge is -2.08. The lowest BCUT2D eigenvalue weighted by atomic mass is 10.1. The first-order valence-corrected chi connectivity index (χ1v) is 5.99. The van der Waals surface area contributed by atoms with E-state index in [2.05, 4.69) is 34.2 Å². The Morgan fingerprint density at radius 3 is 2.89 bits per heavy atom. The van der Waals surface area contributed by atoms with Gasteiger partial charge in [0.05, 0.1) is 18.4 Å². The van der Waals surface area contributed by atoms with Crippen LogP contribution in [0.25, 0.3) is 0 Å². The Morgan fingerprint density at radius 1 is 1.39 bits per heavy atom. The van der Waals surface area contributed by atoms with E-state index < -0.39 is 0 Å². The number of hydrogen-bond donors (Lipinski definition) is 2. The van der Waals surface area contributed by atoms with Gasteiger partial charge in [0.25, 0.3) is 0 Å². The van der Waals surface area contributed by atoms with Crippen LogP contribution in [-0.4, -0.2) is 26.3 Å². The Bertz CT molecular complexity index is 505. The topological polar surface area (TPSA) is 81.7 Å². The van der Waals surface area contributed by atoms with Crippen LogP contribution >= 0.6 is 0 Å². The van der Waals surface area contributed by atoms with Crippen molar-refractivity contribution >= 4 is 11.5 Å². The molecule has 2 aromatic rings. The Morgan fingerprint density at radius 2 is 2.22 bits per heavy atom. The zero-order valence-electron chi connectivity index (χ0n) is 10.7. The fourth-order valence-corrected chi connectivity index (χ4v) is 1.59. The lowest BCUT2D eigenvalue weighted by molar-refractivity contribution is 0.637. The van der Waals surface area contributed by atoms with Gasteiger partial charge in [0.15, 0.2) is 0 Å². The van der Waals surface area contributed by atoms with Gasteiger partial charge in [-0.3, -0.25) is 4.68 Å². The number of nitrogens with zero attached hydrogens (tertiary/aromatic N) is 4. The van der Waals surface area contributed by atoms with E-state index in [-0.39, 0.29) is 0 Å². The van der Waals surface area contributed by atoms with Gasteiger partial charge in [0, 0.05) is 24.5 Å². The minimum absolute atomic E-state index is 0.402. The number of aromatic nitrogens is 4. The first-order chi connectivity index (χ1) is 8.65. The molecule has 3 N–H and O–H groups in total. The van der Waals surface area contributed by atoms with Crippen molar-refractivity contribution in [1.29, 1.82) is 0 Å². The van der Waals surface area contributed by atoms with Crippen molar-refractivity contribution in [3.63, 3.8) is 0 Å². The minimum atomic E-state index is 0.402. The Balaban J connectivity index is 1.88. The predicted molar refractivity (Wildman–Crippen MR) is 71.3 cm³/mol. The molecule has 6 nitrogen and oxygen atoms in total. The van der Waals surface area contributed by atoms with Gasteiger partial charge in [-0.1, -0.05) is 13.8 Å². The Labute approximate surface area is 106 Å². The summed E-state index contributed by atoms with van der Waals surface area (Å²) < 4.78 is 1.80. The highest BCUT2D eigenvalue weighted by atomic mass is 15.3. The molecule has 2 rings (SSSR count). The van der Waals surface area contributed by atoms with Gasteiger partial charge in [0.1, 0.15) is 12.1 Å². The van der Waals surface area contributed by atoms with Gasteiger partial charge >= 0.3 is 0 Å². The molecule has 0 unspecified atom stereocenters. The first-order valence-electron chi connectivity index (χ1n) is 5.99. The molecule has 0 bridgehead atoms. The molecule has 0 aliphatic carbocycles. The highest BCUT2D eigenvalue weighted by Crippen LogP contribution is 2.13. The van der Waals surface area contributed by atoms with Crippen LogP contribution in [0.3, 0.4) is 0 Å². The summed E-state index contributed by atoms with van der Waals surface area (Å²) in [5.41, 5.74) is 7.31. The maximum absolute atomic E-state index is 5.59. The summed E-state index contributed by atoms with van der Waals surface area (Å²) in [7, 11) is 0. The largest absolute Gasteiger partial charge is 0.396 e. The van der Waals surface area contributed by atoms with Crippen LogP contribution in [0, 0.1) is 0 Å². The van der Waals surface area contributed by atoms with E-state index in [0.29, 0.717) is 11.6 Å². The highest BCUT2D eigenvalue weighted by Gasteiger charge is 2.02. The molecule has 2 heterocycles. The number of rotatable bonds is 5. The maximum atomic E-state index is 5.59. The predicted octanol–water partition coefficient (Wildman–Crippen LogP) is 1.49. The molecule has 0 radical (unpaired) electrons. The molecule has 0 aliphatic rings. The molecule has 0 atom stereocenters. The van der Waals surface area contributed by atoms with Crippen molar-refractivity contribution in [3.05, 3.63) is 30.5 Å². The molecule has 0 saturated heterocycles. The van der Waals surface area contributed by atoms with E-state index >= 15 is 0 Å². The summed E-state index contributed by atoms with van der Waals surface area (Å²) in [5, 5.41) is 7.36. The minimum Gasteiger partial charge on any atom is -0.396 e. The number of nitrogen functional groups attached to an aromatic ring is 1. The van der Waals surface area contributed by atoms with E-state index in [0.717, 1.165) is 24.6 Å². The number of nitrogens with one attached hydrogen (secondary N) is 1. The van der Waals surface area contributed by atoms with Crippen molar-refractivity contribution in [1.82, 2.24) is 19.7 Å². The third-order valence-electron chi connectivity index (χ3n) is 2.58. The molecule has 0 aliphatic heterocycles. The standard InChI is InChI=1S/C12H18N6/c1-9(2)11-5-12(16-8-15-11)14-3-4-18-7-10(13)6-17-18/h5-9H,3-4,13H2,1-2H3,(H,14,15,16). The molecular weight excluding hydrogens is 228 g/mol. The number of nitrogens with two attached hydrogens (primary N) is 1.